The number of hydrogen-bond donors (Lipinski definition) is 4. The van der Waals surface area contributed by atoms with E-state index in [1.807, 2.05) is 37.3 Å². The van der Waals surface area contributed by atoms with E-state index < -0.39 is 39.8 Å². The molecule has 0 aromatic heterocycles. The number of amides is 2. The third-order valence-electron chi connectivity index (χ3n) is 13.3. The van der Waals surface area contributed by atoms with Gasteiger partial charge in [-0.3, -0.25) is 10.1 Å². The van der Waals surface area contributed by atoms with Crippen molar-refractivity contribution in [1.29, 1.82) is 0 Å². The fraction of sp³-hybridized carbons (Fsp3) is 0.426. The van der Waals surface area contributed by atoms with Gasteiger partial charge in [-0.15, -0.1) is 6.58 Å². The molecule has 0 radical (unpaired) electrons. The minimum absolute atomic E-state index is 0.00249. The highest BCUT2D eigenvalue weighted by atomic mass is 32.2. The summed E-state index contributed by atoms with van der Waals surface area (Å²) in [5, 5.41) is 30.4. The van der Waals surface area contributed by atoms with Gasteiger partial charge in [0.05, 0.1) is 49.1 Å². The summed E-state index contributed by atoms with van der Waals surface area (Å²) in [6.45, 7) is 7.55. The van der Waals surface area contributed by atoms with Crippen molar-refractivity contribution in [2.45, 2.75) is 94.5 Å². The highest BCUT2D eigenvalue weighted by molar-refractivity contribution is 7.89. The third kappa shape index (κ3) is 11.9. The van der Waals surface area contributed by atoms with Crippen molar-refractivity contribution in [2.24, 2.45) is 22.9 Å². The van der Waals surface area contributed by atoms with E-state index in [9.17, 15) is 19.8 Å². The van der Waals surface area contributed by atoms with Gasteiger partial charge in [0.15, 0.2) is 0 Å². The van der Waals surface area contributed by atoms with Gasteiger partial charge in [0.2, 0.25) is 21.7 Å². The van der Waals surface area contributed by atoms with Crippen molar-refractivity contribution in [1.82, 2.24) is 4.31 Å². The molecular weight excluding hydrogens is 929 g/mol. The van der Waals surface area contributed by atoms with Crippen LogP contribution in [0.2, 0.25) is 0 Å². The SMILES string of the molecule is C=CCOC12Oc3ccc(OC(=O)Nc4ccc(OC)cc4OC)cc3C3C(CCCCO)C(CCCCO)C=C(C(=NOCc4ccccc4)CC1N(CCC)S(=O)(=O)c1ccc(NC(C)=O)cc1)C32. The molecule has 4 N–H and O–H groups in total. The van der Waals surface area contributed by atoms with E-state index in [-0.39, 0.29) is 67.8 Å². The average Bonchev–Trinajstić information content (AvgIpc) is 3.36. The molecule has 1 fully saturated rings. The Balaban J connectivity index is 1.42. The van der Waals surface area contributed by atoms with Crippen LogP contribution in [0.4, 0.5) is 16.2 Å². The van der Waals surface area contributed by atoms with Crippen molar-refractivity contribution in [2.75, 3.05) is 51.2 Å². The maximum absolute atomic E-state index is 15.3. The first-order chi connectivity index (χ1) is 34.4. The van der Waals surface area contributed by atoms with Gasteiger partial charge in [0.25, 0.3) is 0 Å². The Hall–Kier alpha value is -6.24. The number of rotatable bonds is 24. The smallest absolute Gasteiger partial charge is 0.417 e. The Labute approximate surface area is 416 Å². The number of ether oxygens (including phenoxy) is 5. The lowest BCUT2D eigenvalue weighted by molar-refractivity contribution is -0.251. The number of unbranched alkanes of at least 4 members (excludes halogenated alkanes) is 2. The number of methoxy groups -OCH3 is 2. The number of sulfonamides is 1. The lowest BCUT2D eigenvalue weighted by atomic mass is 9.55. The number of anilines is 2. The average molecular weight is 995 g/mol. The quantitative estimate of drug-likeness (QED) is 0.0295. The number of nitrogens with zero attached hydrogens (tertiary/aromatic N) is 2. The van der Waals surface area contributed by atoms with Gasteiger partial charge < -0.3 is 44.1 Å². The zero-order valence-corrected chi connectivity index (χ0v) is 41.7. The topological polar surface area (TPSA) is 204 Å². The second-order valence-corrected chi connectivity index (χ2v) is 19.8. The van der Waals surface area contributed by atoms with E-state index in [4.69, 9.17) is 33.7 Å². The van der Waals surface area contributed by atoms with Crippen LogP contribution in [0.15, 0.2) is 125 Å². The highest BCUT2D eigenvalue weighted by Crippen LogP contribution is 2.62. The molecule has 71 heavy (non-hydrogen) atoms. The number of hydrogen-bond acceptors (Lipinski definition) is 13. The molecule has 0 bridgehead atoms. The van der Waals surface area contributed by atoms with E-state index in [1.54, 1.807) is 54.6 Å². The van der Waals surface area contributed by atoms with Gasteiger partial charge in [-0.25, -0.2) is 13.2 Å². The number of allylic oxidation sites excluding steroid dienone is 1. The summed E-state index contributed by atoms with van der Waals surface area (Å²) in [6.07, 6.45) is 7.45. The van der Waals surface area contributed by atoms with Crippen molar-refractivity contribution in [3.63, 3.8) is 0 Å². The fourth-order valence-electron chi connectivity index (χ4n) is 10.3. The minimum Gasteiger partial charge on any atom is -0.497 e. The number of nitrogens with one attached hydrogen (secondary N) is 2. The molecule has 7 rings (SSSR count). The van der Waals surface area contributed by atoms with Crippen molar-refractivity contribution < 1.29 is 56.7 Å². The molecule has 4 aromatic rings. The maximum Gasteiger partial charge on any atom is 0.417 e. The van der Waals surface area contributed by atoms with Gasteiger partial charge >= 0.3 is 6.09 Å². The molecule has 4 aromatic carbocycles. The van der Waals surface area contributed by atoms with E-state index in [0.717, 1.165) is 23.1 Å². The predicted octanol–water partition coefficient (Wildman–Crippen LogP) is 9.21. The minimum atomic E-state index is -4.33. The van der Waals surface area contributed by atoms with E-state index in [2.05, 4.69) is 23.3 Å². The van der Waals surface area contributed by atoms with Gasteiger partial charge in [0, 0.05) is 56.3 Å². The molecule has 380 valence electrons. The third-order valence-corrected chi connectivity index (χ3v) is 15.2. The molecule has 0 saturated heterocycles. The van der Waals surface area contributed by atoms with Crippen LogP contribution in [-0.2, 0) is 31.0 Å². The normalized spacial score (nSPS) is 21.8. The van der Waals surface area contributed by atoms with Crippen LogP contribution in [0.1, 0.15) is 82.3 Å². The molecule has 0 spiro atoms. The lowest BCUT2D eigenvalue weighted by Crippen LogP contribution is -2.70. The van der Waals surface area contributed by atoms with E-state index >= 15 is 8.42 Å². The van der Waals surface area contributed by atoms with Gasteiger partial charge in [-0.1, -0.05) is 67.4 Å². The summed E-state index contributed by atoms with van der Waals surface area (Å²) in [7, 11) is -1.31. The summed E-state index contributed by atoms with van der Waals surface area (Å²) < 4.78 is 63.4. The van der Waals surface area contributed by atoms with Crippen molar-refractivity contribution >= 4 is 39.1 Å². The largest absolute Gasteiger partial charge is 0.497 e. The Morgan fingerprint density at radius 3 is 2.32 bits per heavy atom. The Kier molecular flexibility index (Phi) is 18.0. The summed E-state index contributed by atoms with van der Waals surface area (Å²) in [6, 6.07) is 24.8. The van der Waals surface area contributed by atoms with Crippen LogP contribution < -0.4 is 29.6 Å². The predicted molar refractivity (Wildman–Crippen MR) is 270 cm³/mol. The van der Waals surface area contributed by atoms with Crippen LogP contribution in [0.25, 0.3) is 0 Å². The van der Waals surface area contributed by atoms with Gasteiger partial charge in [-0.05, 0) is 110 Å². The Bertz CT molecular complexity index is 2640. The first kappa shape index (κ1) is 52.6. The second-order valence-electron chi connectivity index (χ2n) is 17.9. The lowest BCUT2D eigenvalue weighted by Gasteiger charge is -2.59. The summed E-state index contributed by atoms with van der Waals surface area (Å²) in [5.41, 5.74) is 3.74. The van der Waals surface area contributed by atoms with Gasteiger partial charge in [-0.2, -0.15) is 4.31 Å². The first-order valence-corrected chi connectivity index (χ1v) is 25.7. The Morgan fingerprint density at radius 2 is 1.65 bits per heavy atom. The van der Waals surface area contributed by atoms with E-state index in [0.29, 0.717) is 72.9 Å². The molecule has 16 nitrogen and oxygen atoms in total. The standard InChI is InChI=1S/C54H66N4O12S/c1-6-27-58(71(63,64)42-23-19-39(20-24-42)55-36(3)61)50-34-47(57-68-35-37-15-9-8-10-16-37)44-31-38(17-11-13-28-59)43(18-12-14-29-60)51-45-32-41(22-26-48(45)70-54(50,52(44)51)67-30-7-2)69-53(62)56-46-25-21-40(65-4)33-49(46)66-5/h7-10,15-16,19-26,31-33,38,43,50-52,59-60H,2,6,11-14,17-18,27-30,34-35H2,1,3-5H3,(H,55,61)(H,56,62). The molecule has 1 saturated carbocycles. The van der Waals surface area contributed by atoms with Crippen LogP contribution >= 0.6 is 0 Å². The Morgan fingerprint density at radius 1 is 0.915 bits per heavy atom. The first-order valence-electron chi connectivity index (χ1n) is 24.3. The zero-order chi connectivity index (χ0) is 50.5. The number of oxime groups is 1. The molecule has 3 aliphatic rings. The summed E-state index contributed by atoms with van der Waals surface area (Å²) in [5.74, 6) is -1.82. The van der Waals surface area contributed by atoms with Crippen molar-refractivity contribution in [3.8, 4) is 23.0 Å². The molecular formula is C54H66N4O12S. The number of carbonyl (C=O) groups excluding carboxylic acids is 2. The number of carbonyl (C=O) groups is 2. The molecule has 1 aliphatic heterocycles. The number of aliphatic hydroxyl groups is 2. The van der Waals surface area contributed by atoms with Gasteiger partial charge in [0.1, 0.15) is 29.6 Å². The monoisotopic (exact) mass is 994 g/mol. The molecule has 17 heteroatoms. The molecule has 2 aliphatic carbocycles. The highest BCUT2D eigenvalue weighted by Gasteiger charge is 2.66. The van der Waals surface area contributed by atoms with Crippen LogP contribution in [0.3, 0.4) is 0 Å². The zero-order valence-electron chi connectivity index (χ0n) is 40.9. The number of benzene rings is 4. The molecule has 6 unspecified atom stereocenters. The number of fused-ring (bicyclic) bond motifs is 2. The fourth-order valence-corrected chi connectivity index (χ4v) is 12.0. The summed E-state index contributed by atoms with van der Waals surface area (Å²) in [4.78, 5) is 31.8. The van der Waals surface area contributed by atoms with Crippen LogP contribution in [0, 0.1) is 17.8 Å². The summed E-state index contributed by atoms with van der Waals surface area (Å²) >= 11 is 0. The molecule has 2 amide bonds. The van der Waals surface area contributed by atoms with Crippen LogP contribution in [0.5, 0.6) is 23.0 Å². The van der Waals surface area contributed by atoms with Crippen molar-refractivity contribution in [3.05, 3.63) is 126 Å². The second kappa shape index (κ2) is 24.3. The molecule has 1 heterocycles. The molecule has 6 atom stereocenters. The maximum atomic E-state index is 15.3. The van der Waals surface area contributed by atoms with Crippen LogP contribution in [-0.4, -0.2) is 93.1 Å². The van der Waals surface area contributed by atoms with E-state index in [1.165, 1.54) is 37.6 Å². The number of aliphatic hydroxyl groups excluding tert-OH is 2.